The van der Waals surface area contributed by atoms with Crippen LogP contribution < -0.4 is 10.6 Å². The average molecular weight is 490 g/mol. The Morgan fingerprint density at radius 3 is 2.29 bits per heavy atom. The van der Waals surface area contributed by atoms with E-state index in [0.29, 0.717) is 16.3 Å². The molecule has 0 aliphatic rings. The fourth-order valence-corrected chi connectivity index (χ4v) is 4.86. The van der Waals surface area contributed by atoms with E-state index in [1.807, 2.05) is 60.0 Å². The summed E-state index contributed by atoms with van der Waals surface area (Å²) in [5.74, 6) is -0.453. The molecule has 0 saturated carbocycles. The largest absolute Gasteiger partial charge is 0.325 e. The van der Waals surface area contributed by atoms with Crippen LogP contribution >= 0.6 is 23.1 Å². The number of nitro benzene ring substituents is 1. The van der Waals surface area contributed by atoms with Crippen LogP contribution in [0.1, 0.15) is 20.5 Å². The van der Waals surface area contributed by atoms with Crippen LogP contribution in [0, 0.1) is 10.1 Å². The minimum Gasteiger partial charge on any atom is -0.325 e. The number of hydrogen-bond acceptors (Lipinski definition) is 6. The molecule has 0 saturated heterocycles. The van der Waals surface area contributed by atoms with Gasteiger partial charge < -0.3 is 10.6 Å². The Bertz CT molecular complexity index is 1290. The summed E-state index contributed by atoms with van der Waals surface area (Å²) in [7, 11) is 0. The first kappa shape index (κ1) is 23.2. The third-order valence-corrected chi connectivity index (χ3v) is 6.89. The first-order chi connectivity index (χ1) is 16.5. The van der Waals surface area contributed by atoms with E-state index >= 15 is 0 Å². The highest BCUT2D eigenvalue weighted by molar-refractivity contribution is 8.00. The lowest BCUT2D eigenvalue weighted by molar-refractivity contribution is -0.384. The molecule has 9 heteroatoms. The second kappa shape index (κ2) is 10.8. The standard InChI is InChI=1S/C25H19N3O4S2/c29-24(22-10-5-15-33-22)27-19-8-4-9-21(16-19)34-23(17-6-2-1-3-7-17)25(30)26-18-11-13-20(14-12-18)28(31)32/h1-16,23H,(H,26,30)(H,27,29). The van der Waals surface area contributed by atoms with E-state index in [1.54, 1.807) is 12.1 Å². The van der Waals surface area contributed by atoms with E-state index in [1.165, 1.54) is 47.4 Å². The van der Waals surface area contributed by atoms with Crippen LogP contribution in [-0.2, 0) is 4.79 Å². The predicted octanol–water partition coefficient (Wildman–Crippen LogP) is 6.38. The van der Waals surface area contributed by atoms with E-state index in [4.69, 9.17) is 0 Å². The number of non-ortho nitro benzene ring substituents is 1. The summed E-state index contributed by atoms with van der Waals surface area (Å²) in [5, 5.41) is 17.9. The topological polar surface area (TPSA) is 101 Å². The average Bonchev–Trinajstić information content (AvgIpc) is 3.39. The second-order valence-corrected chi connectivity index (χ2v) is 9.29. The molecule has 2 N–H and O–H groups in total. The Balaban J connectivity index is 1.53. The smallest absolute Gasteiger partial charge is 0.269 e. The van der Waals surface area contributed by atoms with Gasteiger partial charge in [-0.1, -0.05) is 42.5 Å². The molecule has 4 aromatic rings. The van der Waals surface area contributed by atoms with Gasteiger partial charge in [-0.2, -0.15) is 0 Å². The number of benzene rings is 3. The van der Waals surface area contributed by atoms with Crippen molar-refractivity contribution >= 4 is 52.0 Å². The van der Waals surface area contributed by atoms with Gasteiger partial charge in [-0.05, 0) is 47.3 Å². The van der Waals surface area contributed by atoms with E-state index in [9.17, 15) is 19.7 Å². The first-order valence-electron chi connectivity index (χ1n) is 10.2. The number of rotatable bonds is 8. The molecule has 1 atom stereocenters. The van der Waals surface area contributed by atoms with Crippen molar-refractivity contribution in [1.82, 2.24) is 0 Å². The molecule has 0 aliphatic carbocycles. The molecule has 0 spiro atoms. The van der Waals surface area contributed by atoms with Crippen LogP contribution in [0.25, 0.3) is 0 Å². The maximum Gasteiger partial charge on any atom is 0.269 e. The predicted molar refractivity (Wildman–Crippen MR) is 135 cm³/mol. The number of carbonyl (C=O) groups excluding carboxylic acids is 2. The van der Waals surface area contributed by atoms with E-state index in [0.717, 1.165) is 10.5 Å². The molecule has 1 aromatic heterocycles. The van der Waals surface area contributed by atoms with Gasteiger partial charge in [0.05, 0.1) is 9.80 Å². The maximum absolute atomic E-state index is 13.2. The van der Waals surface area contributed by atoms with Crippen molar-refractivity contribution in [3.8, 4) is 0 Å². The SMILES string of the molecule is O=C(Nc1cccc(SC(C(=O)Nc2ccc([N+](=O)[O-])cc2)c2ccccc2)c1)c1cccs1. The summed E-state index contributed by atoms with van der Waals surface area (Å²) in [5.41, 5.74) is 1.86. The lowest BCUT2D eigenvalue weighted by Crippen LogP contribution is -2.19. The zero-order valence-corrected chi connectivity index (χ0v) is 19.3. The van der Waals surface area contributed by atoms with Crippen molar-refractivity contribution in [2.45, 2.75) is 10.1 Å². The minimum absolute atomic E-state index is 0.0478. The Labute approximate surface area is 204 Å². The zero-order valence-electron chi connectivity index (χ0n) is 17.7. The van der Waals surface area contributed by atoms with Gasteiger partial charge in [-0.25, -0.2) is 0 Å². The first-order valence-corrected chi connectivity index (χ1v) is 12.0. The number of nitro groups is 1. The molecular formula is C25H19N3O4S2. The third-order valence-electron chi connectivity index (χ3n) is 4.78. The van der Waals surface area contributed by atoms with Crippen LogP contribution in [0.3, 0.4) is 0 Å². The zero-order chi connectivity index (χ0) is 23.9. The summed E-state index contributed by atoms with van der Waals surface area (Å²) in [6.45, 7) is 0. The number of thioether (sulfide) groups is 1. The Hall–Kier alpha value is -3.95. The van der Waals surface area contributed by atoms with Crippen molar-refractivity contribution in [2.75, 3.05) is 10.6 Å². The van der Waals surface area contributed by atoms with Crippen molar-refractivity contribution < 1.29 is 14.5 Å². The summed E-state index contributed by atoms with van der Waals surface area (Å²) >= 11 is 2.71. The highest BCUT2D eigenvalue weighted by Crippen LogP contribution is 2.37. The number of nitrogens with one attached hydrogen (secondary N) is 2. The molecule has 0 bridgehead atoms. The van der Waals surface area contributed by atoms with Crippen molar-refractivity contribution in [3.63, 3.8) is 0 Å². The highest BCUT2D eigenvalue weighted by Gasteiger charge is 2.23. The van der Waals surface area contributed by atoms with Crippen LogP contribution in [0.15, 0.2) is 101 Å². The Kier molecular flexibility index (Phi) is 7.36. The van der Waals surface area contributed by atoms with E-state index < -0.39 is 10.2 Å². The summed E-state index contributed by atoms with van der Waals surface area (Å²) in [4.78, 5) is 37.4. The lowest BCUT2D eigenvalue weighted by atomic mass is 10.1. The summed E-state index contributed by atoms with van der Waals surface area (Å²) in [6.07, 6.45) is 0. The molecule has 170 valence electrons. The van der Waals surface area contributed by atoms with Crippen LogP contribution in [0.2, 0.25) is 0 Å². The molecule has 3 aromatic carbocycles. The van der Waals surface area contributed by atoms with Gasteiger partial charge in [-0.15, -0.1) is 23.1 Å². The van der Waals surface area contributed by atoms with Crippen molar-refractivity contribution in [3.05, 3.63) is 117 Å². The minimum atomic E-state index is -0.584. The van der Waals surface area contributed by atoms with Gasteiger partial charge in [0.25, 0.3) is 11.6 Å². The third kappa shape index (κ3) is 5.89. The number of nitrogens with zero attached hydrogens (tertiary/aromatic N) is 1. The van der Waals surface area contributed by atoms with Crippen molar-refractivity contribution in [2.24, 2.45) is 0 Å². The second-order valence-electron chi connectivity index (χ2n) is 7.16. The molecule has 7 nitrogen and oxygen atoms in total. The van der Waals surface area contributed by atoms with Crippen LogP contribution in [0.5, 0.6) is 0 Å². The van der Waals surface area contributed by atoms with Crippen LogP contribution in [0.4, 0.5) is 17.1 Å². The van der Waals surface area contributed by atoms with E-state index in [-0.39, 0.29) is 17.5 Å². The molecule has 1 unspecified atom stereocenters. The quantitative estimate of drug-likeness (QED) is 0.170. The number of thiophene rings is 1. The molecule has 4 rings (SSSR count). The molecule has 1 heterocycles. The Morgan fingerprint density at radius 1 is 0.853 bits per heavy atom. The Morgan fingerprint density at radius 2 is 1.62 bits per heavy atom. The summed E-state index contributed by atoms with van der Waals surface area (Å²) in [6, 6.07) is 25.9. The van der Waals surface area contributed by atoms with Gasteiger partial charge in [0.15, 0.2) is 0 Å². The van der Waals surface area contributed by atoms with Gasteiger partial charge >= 0.3 is 0 Å². The summed E-state index contributed by atoms with van der Waals surface area (Å²) < 4.78 is 0. The van der Waals surface area contributed by atoms with Crippen molar-refractivity contribution in [1.29, 1.82) is 0 Å². The lowest BCUT2D eigenvalue weighted by Gasteiger charge is -2.17. The van der Waals surface area contributed by atoms with Gasteiger partial charge in [0.1, 0.15) is 5.25 Å². The van der Waals surface area contributed by atoms with Gasteiger partial charge in [0.2, 0.25) is 5.91 Å². The fourth-order valence-electron chi connectivity index (χ4n) is 3.16. The highest BCUT2D eigenvalue weighted by atomic mass is 32.2. The molecule has 2 amide bonds. The van der Waals surface area contributed by atoms with Crippen LogP contribution in [-0.4, -0.2) is 16.7 Å². The molecule has 0 radical (unpaired) electrons. The number of anilines is 2. The fraction of sp³-hybridized carbons (Fsp3) is 0.0400. The molecule has 0 aliphatic heterocycles. The maximum atomic E-state index is 13.2. The van der Waals surface area contributed by atoms with Gasteiger partial charge in [0, 0.05) is 28.4 Å². The number of amides is 2. The normalized spacial score (nSPS) is 11.4. The molecule has 34 heavy (non-hydrogen) atoms. The number of carbonyl (C=O) groups is 2. The molecule has 0 fully saturated rings. The number of hydrogen-bond donors (Lipinski definition) is 2. The molecular weight excluding hydrogens is 470 g/mol. The van der Waals surface area contributed by atoms with E-state index in [2.05, 4.69) is 10.6 Å². The van der Waals surface area contributed by atoms with Gasteiger partial charge in [-0.3, -0.25) is 19.7 Å². The monoisotopic (exact) mass is 489 g/mol.